The second kappa shape index (κ2) is 8.16. The lowest BCUT2D eigenvalue weighted by Crippen LogP contribution is -2.18. The van der Waals surface area contributed by atoms with Crippen molar-refractivity contribution < 1.29 is 0 Å². The Morgan fingerprint density at radius 1 is 0.840 bits per heavy atom. The summed E-state index contributed by atoms with van der Waals surface area (Å²) in [4.78, 5) is 2.21. The summed E-state index contributed by atoms with van der Waals surface area (Å²) in [5, 5.41) is 0. The molecule has 1 heteroatoms. The predicted octanol–water partition coefficient (Wildman–Crippen LogP) is 7.07. The molecule has 126 valence electrons. The highest BCUT2D eigenvalue weighted by Crippen LogP contribution is 2.38. The summed E-state index contributed by atoms with van der Waals surface area (Å²) in [7, 11) is 0. The van der Waals surface area contributed by atoms with Crippen LogP contribution >= 0.6 is 0 Å². The molecule has 0 radical (unpaired) electrons. The van der Waals surface area contributed by atoms with Crippen LogP contribution in [0.15, 0.2) is 92.2 Å². The molecule has 0 aromatic heterocycles. The smallest absolute Gasteiger partial charge is 0.0540 e. The molecular weight excluding hydrogens is 302 g/mol. The molecule has 1 nitrogen and oxygen atoms in total. The molecule has 0 heterocycles. The molecule has 0 aliphatic rings. The molecular formula is C24H25N. The second-order valence-electron chi connectivity index (χ2n) is 5.79. The molecule has 0 aliphatic carbocycles. The summed E-state index contributed by atoms with van der Waals surface area (Å²) in [5.41, 5.74) is 7.45. The average molecular weight is 327 g/mol. The van der Waals surface area contributed by atoms with Crippen LogP contribution in [0.1, 0.15) is 23.6 Å². The van der Waals surface area contributed by atoms with Crippen LogP contribution in [-0.4, -0.2) is 0 Å². The van der Waals surface area contributed by atoms with E-state index >= 15 is 0 Å². The Kier molecular flexibility index (Phi) is 5.97. The van der Waals surface area contributed by atoms with Crippen molar-refractivity contribution in [2.24, 2.45) is 0 Å². The predicted molar refractivity (Wildman–Crippen MR) is 113 cm³/mol. The number of benzene rings is 2. The standard InChI is InChI=1S/C24H25N/c1-7-18(5)22(10-4)25(23-16-12-11-14-19(23)6)24-17-13-15-20(8-2)21(24)9-3/h7-17H,1-4H2,5-6H3/b22-18+. The highest BCUT2D eigenvalue weighted by molar-refractivity contribution is 5.83. The first-order valence-electron chi connectivity index (χ1n) is 8.28. The Balaban J connectivity index is 2.89. The molecule has 2 aromatic carbocycles. The minimum Gasteiger partial charge on any atom is -0.309 e. The molecule has 2 rings (SSSR count). The fourth-order valence-corrected chi connectivity index (χ4v) is 2.90. The van der Waals surface area contributed by atoms with Gasteiger partial charge in [-0.3, -0.25) is 0 Å². The van der Waals surface area contributed by atoms with E-state index in [1.54, 1.807) is 0 Å². The lowest BCUT2D eigenvalue weighted by Gasteiger charge is -2.30. The fourth-order valence-electron chi connectivity index (χ4n) is 2.90. The van der Waals surface area contributed by atoms with E-state index in [-0.39, 0.29) is 0 Å². The average Bonchev–Trinajstić information content (AvgIpc) is 2.65. The first kappa shape index (κ1) is 18.3. The van der Waals surface area contributed by atoms with E-state index < -0.39 is 0 Å². The van der Waals surface area contributed by atoms with E-state index in [1.165, 1.54) is 5.56 Å². The van der Waals surface area contributed by atoms with Crippen LogP contribution in [-0.2, 0) is 0 Å². The van der Waals surface area contributed by atoms with E-state index in [0.29, 0.717) is 0 Å². The van der Waals surface area contributed by atoms with Gasteiger partial charge in [0.2, 0.25) is 0 Å². The maximum absolute atomic E-state index is 4.04. The molecule has 0 N–H and O–H groups in total. The zero-order valence-electron chi connectivity index (χ0n) is 15.1. The molecule has 0 unspecified atom stereocenters. The van der Waals surface area contributed by atoms with Crippen molar-refractivity contribution in [2.75, 3.05) is 4.90 Å². The van der Waals surface area contributed by atoms with Crippen LogP contribution in [0.2, 0.25) is 0 Å². The SMILES string of the molecule is C=C/C(C)=C(\C=C)N(c1ccccc1C)c1cccc(C=C)c1C=C. The summed E-state index contributed by atoms with van der Waals surface area (Å²) in [6.07, 6.45) is 7.46. The van der Waals surface area contributed by atoms with Crippen molar-refractivity contribution >= 4 is 23.5 Å². The van der Waals surface area contributed by atoms with Gasteiger partial charge in [0, 0.05) is 16.9 Å². The number of aryl methyl sites for hydroxylation is 1. The Labute approximate surface area is 151 Å². The van der Waals surface area contributed by atoms with Crippen LogP contribution in [0.5, 0.6) is 0 Å². The Morgan fingerprint density at radius 2 is 1.52 bits per heavy atom. The van der Waals surface area contributed by atoms with Crippen molar-refractivity contribution in [1.82, 2.24) is 0 Å². The molecule has 25 heavy (non-hydrogen) atoms. The molecule has 0 aliphatic heterocycles. The number of anilines is 2. The first-order valence-corrected chi connectivity index (χ1v) is 8.28. The van der Waals surface area contributed by atoms with Crippen LogP contribution in [0, 0.1) is 6.92 Å². The van der Waals surface area contributed by atoms with E-state index in [0.717, 1.165) is 33.8 Å². The molecule has 0 fully saturated rings. The van der Waals surface area contributed by atoms with E-state index in [1.807, 2.05) is 55.5 Å². The van der Waals surface area contributed by atoms with Crippen molar-refractivity contribution in [1.29, 1.82) is 0 Å². The second-order valence-corrected chi connectivity index (χ2v) is 5.79. The zero-order chi connectivity index (χ0) is 18.4. The van der Waals surface area contributed by atoms with E-state index in [4.69, 9.17) is 0 Å². The first-order chi connectivity index (χ1) is 12.1. The monoisotopic (exact) mass is 327 g/mol. The lowest BCUT2D eigenvalue weighted by atomic mass is 10.0. The lowest BCUT2D eigenvalue weighted by molar-refractivity contribution is 1.15. The quantitative estimate of drug-likeness (QED) is 0.492. The minimum absolute atomic E-state index is 0.994. The molecule has 2 aromatic rings. The fraction of sp³-hybridized carbons (Fsp3) is 0.0833. The summed E-state index contributed by atoms with van der Waals surface area (Å²) in [6, 6.07) is 14.5. The maximum atomic E-state index is 4.04. The van der Waals surface area contributed by atoms with Gasteiger partial charge in [-0.05, 0) is 48.8 Å². The van der Waals surface area contributed by atoms with Gasteiger partial charge in [-0.15, -0.1) is 0 Å². The molecule has 0 bridgehead atoms. The van der Waals surface area contributed by atoms with E-state index in [9.17, 15) is 0 Å². The number of hydrogen-bond acceptors (Lipinski definition) is 1. The number of allylic oxidation sites excluding steroid dienone is 3. The van der Waals surface area contributed by atoms with Crippen molar-refractivity contribution in [3.8, 4) is 0 Å². The number of para-hydroxylation sites is 1. The van der Waals surface area contributed by atoms with E-state index in [2.05, 4.69) is 56.3 Å². The van der Waals surface area contributed by atoms with Gasteiger partial charge in [-0.1, -0.05) is 74.9 Å². The topological polar surface area (TPSA) is 3.24 Å². The summed E-state index contributed by atoms with van der Waals surface area (Å²) >= 11 is 0. The Bertz CT molecular complexity index is 852. The largest absolute Gasteiger partial charge is 0.309 e. The van der Waals surface area contributed by atoms with Gasteiger partial charge in [-0.2, -0.15) is 0 Å². The highest BCUT2D eigenvalue weighted by atomic mass is 15.2. The summed E-state index contributed by atoms with van der Waals surface area (Å²) in [5.74, 6) is 0. The van der Waals surface area contributed by atoms with Gasteiger partial charge in [-0.25, -0.2) is 0 Å². The molecule has 0 saturated heterocycles. The van der Waals surface area contributed by atoms with Gasteiger partial charge >= 0.3 is 0 Å². The third kappa shape index (κ3) is 3.56. The minimum atomic E-state index is 0.994. The number of nitrogens with zero attached hydrogens (tertiary/aromatic N) is 1. The molecule has 0 atom stereocenters. The van der Waals surface area contributed by atoms with Crippen LogP contribution in [0.4, 0.5) is 11.4 Å². The summed E-state index contributed by atoms with van der Waals surface area (Å²) < 4.78 is 0. The summed E-state index contributed by atoms with van der Waals surface area (Å²) in [6.45, 7) is 20.1. The van der Waals surface area contributed by atoms with Crippen LogP contribution in [0.25, 0.3) is 12.2 Å². The molecule has 0 saturated carbocycles. The molecule has 0 spiro atoms. The zero-order valence-corrected chi connectivity index (χ0v) is 15.1. The highest BCUT2D eigenvalue weighted by Gasteiger charge is 2.19. The van der Waals surface area contributed by atoms with Crippen molar-refractivity contribution in [3.63, 3.8) is 0 Å². The number of rotatable bonds is 7. The van der Waals surface area contributed by atoms with Gasteiger partial charge in [0.15, 0.2) is 0 Å². The third-order valence-corrected chi connectivity index (χ3v) is 4.28. The van der Waals surface area contributed by atoms with Gasteiger partial charge < -0.3 is 4.90 Å². The molecule has 0 amide bonds. The Morgan fingerprint density at radius 3 is 2.08 bits per heavy atom. The van der Waals surface area contributed by atoms with Crippen LogP contribution < -0.4 is 4.90 Å². The van der Waals surface area contributed by atoms with Crippen molar-refractivity contribution in [2.45, 2.75) is 13.8 Å². The van der Waals surface area contributed by atoms with Gasteiger partial charge in [0.05, 0.1) is 5.69 Å². The maximum Gasteiger partial charge on any atom is 0.0540 e. The number of hydrogen-bond donors (Lipinski definition) is 0. The normalized spacial score (nSPS) is 11.3. The Hall–Kier alpha value is -3.06. The van der Waals surface area contributed by atoms with Crippen LogP contribution in [0.3, 0.4) is 0 Å². The van der Waals surface area contributed by atoms with Gasteiger partial charge in [0.25, 0.3) is 0 Å². The third-order valence-electron chi connectivity index (χ3n) is 4.28. The van der Waals surface area contributed by atoms with Crippen molar-refractivity contribution in [3.05, 3.63) is 109 Å². The van der Waals surface area contributed by atoms with Gasteiger partial charge in [0.1, 0.15) is 0 Å².